The van der Waals surface area contributed by atoms with Gasteiger partial charge in [0.15, 0.2) is 0 Å². The molecule has 2 atom stereocenters. The molecule has 1 aromatic carbocycles. The molecule has 0 radical (unpaired) electrons. The highest BCUT2D eigenvalue weighted by Crippen LogP contribution is 2.31. The molecule has 24 heavy (non-hydrogen) atoms. The average molecular weight is 350 g/mol. The molecule has 0 bridgehead atoms. The van der Waals surface area contributed by atoms with Gasteiger partial charge in [0.2, 0.25) is 5.82 Å². The molecule has 3 rings (SSSR count). The summed E-state index contributed by atoms with van der Waals surface area (Å²) < 4.78 is 15.3. The van der Waals surface area contributed by atoms with Crippen molar-refractivity contribution < 1.29 is 14.4 Å². The molecular formula is C15H15FN4O3S. The van der Waals surface area contributed by atoms with E-state index >= 15 is 0 Å². The maximum Gasteiger partial charge on any atom is 0.372 e. The molecule has 126 valence electrons. The number of halogens is 1. The van der Waals surface area contributed by atoms with Crippen molar-refractivity contribution in [2.45, 2.75) is 25.5 Å². The van der Waals surface area contributed by atoms with Gasteiger partial charge in [-0.05, 0) is 17.4 Å². The second kappa shape index (κ2) is 6.54. The molecule has 9 heteroatoms. The number of imidazole rings is 1. The number of hydrogen-bond acceptors (Lipinski definition) is 6. The minimum atomic E-state index is -1.16. The lowest BCUT2D eigenvalue weighted by Gasteiger charge is -2.23. The molecule has 2 heterocycles. The van der Waals surface area contributed by atoms with Crippen molar-refractivity contribution in [3.63, 3.8) is 0 Å². The number of rotatable bonds is 6. The molecule has 0 fully saturated rings. The first kappa shape index (κ1) is 16.3. The Balaban J connectivity index is 1.93. The summed E-state index contributed by atoms with van der Waals surface area (Å²) in [4.78, 5) is 15.5. The quantitative estimate of drug-likeness (QED) is 0.525. The van der Waals surface area contributed by atoms with Gasteiger partial charge >= 0.3 is 5.82 Å². The third-order valence-corrected chi connectivity index (χ3v) is 4.53. The fourth-order valence-electron chi connectivity index (χ4n) is 2.56. The second-order valence-corrected chi connectivity index (χ2v) is 6.10. The molecule has 7 nitrogen and oxygen atoms in total. The van der Waals surface area contributed by atoms with Gasteiger partial charge in [-0.1, -0.05) is 36.5 Å². The molecule has 0 aliphatic carbocycles. The first-order valence-electron chi connectivity index (χ1n) is 7.32. The highest BCUT2D eigenvalue weighted by molar-refractivity contribution is 7.15. The number of nitrogens with zero attached hydrogens (tertiary/aromatic N) is 3. The van der Waals surface area contributed by atoms with Gasteiger partial charge in [0.25, 0.3) is 4.96 Å². The van der Waals surface area contributed by atoms with Crippen molar-refractivity contribution >= 4 is 27.9 Å². The van der Waals surface area contributed by atoms with Crippen LogP contribution in [0.5, 0.6) is 0 Å². The summed E-state index contributed by atoms with van der Waals surface area (Å²) >= 11 is 1.27. The van der Waals surface area contributed by atoms with E-state index in [2.05, 4.69) is 10.3 Å². The average Bonchev–Trinajstić information content (AvgIpc) is 3.12. The van der Waals surface area contributed by atoms with Gasteiger partial charge in [-0.15, -0.1) is 0 Å². The maximum absolute atomic E-state index is 13.9. The van der Waals surface area contributed by atoms with Crippen molar-refractivity contribution in [1.29, 1.82) is 0 Å². The van der Waals surface area contributed by atoms with Crippen LogP contribution >= 0.6 is 11.3 Å². The summed E-state index contributed by atoms with van der Waals surface area (Å²) in [5, 5.41) is 26.4. The molecule has 2 aromatic heterocycles. The summed E-state index contributed by atoms with van der Waals surface area (Å²) in [6.45, 7) is 1.80. The number of hydrogen-bond donors (Lipinski definition) is 2. The highest BCUT2D eigenvalue weighted by Gasteiger charge is 2.29. The summed E-state index contributed by atoms with van der Waals surface area (Å²) in [6, 6.07) is 5.30. The standard InChI is InChI=1S/C15H15FN4O3S/c1-2-11(12(21)9-5-3-4-6-10(9)16)17-13-14(20(22)23)19-7-8-24-15(19)18-13/h3-8,11-12,17,21H,2H2,1H3/t11-,12+/m0/s1. The van der Waals surface area contributed by atoms with E-state index in [1.807, 2.05) is 0 Å². The zero-order chi connectivity index (χ0) is 17.3. The Morgan fingerprint density at radius 2 is 2.25 bits per heavy atom. The predicted molar refractivity (Wildman–Crippen MR) is 88.8 cm³/mol. The number of aliphatic hydroxyl groups excluding tert-OH is 1. The SMILES string of the molecule is CC[C@H](Nc1nc2sccn2c1[N+](=O)[O-])[C@H](O)c1ccccc1F. The van der Waals surface area contributed by atoms with E-state index in [4.69, 9.17) is 0 Å². The summed E-state index contributed by atoms with van der Waals surface area (Å²) in [5.74, 6) is -0.662. The second-order valence-electron chi connectivity index (χ2n) is 5.22. The fourth-order valence-corrected chi connectivity index (χ4v) is 3.27. The minimum absolute atomic E-state index is 0.0640. The lowest BCUT2D eigenvalue weighted by molar-refractivity contribution is -0.389. The molecule has 0 aliphatic rings. The number of aliphatic hydroxyl groups is 1. The number of anilines is 1. The number of fused-ring (bicyclic) bond motifs is 1. The molecule has 0 unspecified atom stereocenters. The monoisotopic (exact) mass is 350 g/mol. The Kier molecular flexibility index (Phi) is 4.45. The van der Waals surface area contributed by atoms with Gasteiger partial charge < -0.3 is 20.5 Å². The first-order chi connectivity index (χ1) is 11.5. The molecule has 0 saturated heterocycles. The zero-order valence-electron chi connectivity index (χ0n) is 12.7. The lowest BCUT2D eigenvalue weighted by Crippen LogP contribution is -2.28. The van der Waals surface area contributed by atoms with Crippen LogP contribution in [0.4, 0.5) is 16.0 Å². The third kappa shape index (κ3) is 2.83. The molecule has 2 N–H and O–H groups in total. The highest BCUT2D eigenvalue weighted by atomic mass is 32.1. The third-order valence-electron chi connectivity index (χ3n) is 3.78. The Morgan fingerprint density at radius 3 is 2.92 bits per heavy atom. The molecule has 0 amide bonds. The Labute approximate surface area is 140 Å². The van der Waals surface area contributed by atoms with Crippen molar-refractivity contribution in [3.8, 4) is 0 Å². The van der Waals surface area contributed by atoms with Gasteiger partial charge in [-0.2, -0.15) is 9.38 Å². The van der Waals surface area contributed by atoms with Crippen LogP contribution in [-0.2, 0) is 0 Å². The zero-order valence-corrected chi connectivity index (χ0v) is 13.5. The van der Waals surface area contributed by atoms with E-state index in [9.17, 15) is 19.6 Å². The molecular weight excluding hydrogens is 335 g/mol. The molecule has 0 spiro atoms. The molecule has 0 aliphatic heterocycles. The van der Waals surface area contributed by atoms with Gasteiger partial charge in [-0.25, -0.2) is 4.39 Å². The largest absolute Gasteiger partial charge is 0.386 e. The van der Waals surface area contributed by atoms with Crippen LogP contribution in [0.3, 0.4) is 0 Å². The van der Waals surface area contributed by atoms with Crippen molar-refractivity contribution in [1.82, 2.24) is 9.38 Å². The van der Waals surface area contributed by atoms with Gasteiger partial charge in [0.1, 0.15) is 18.1 Å². The van der Waals surface area contributed by atoms with Crippen LogP contribution < -0.4 is 5.32 Å². The normalized spacial score (nSPS) is 13.8. The van der Waals surface area contributed by atoms with Crippen LogP contribution in [0.15, 0.2) is 35.8 Å². The van der Waals surface area contributed by atoms with E-state index in [1.165, 1.54) is 33.9 Å². The predicted octanol–water partition coefficient (Wildman–Crippen LogP) is 3.37. The van der Waals surface area contributed by atoms with Crippen LogP contribution in [0, 0.1) is 15.9 Å². The smallest absolute Gasteiger partial charge is 0.372 e. The van der Waals surface area contributed by atoms with Crippen LogP contribution in [0.1, 0.15) is 25.0 Å². The minimum Gasteiger partial charge on any atom is -0.386 e. The van der Waals surface area contributed by atoms with Gasteiger partial charge in [0, 0.05) is 10.9 Å². The summed E-state index contributed by atoms with van der Waals surface area (Å²) in [6.07, 6.45) is 0.832. The van der Waals surface area contributed by atoms with Gasteiger partial charge in [-0.3, -0.25) is 0 Å². The maximum atomic E-state index is 13.9. The molecule has 3 aromatic rings. The summed E-state index contributed by atoms with van der Waals surface area (Å²) in [7, 11) is 0. The van der Waals surface area contributed by atoms with Crippen LogP contribution in [0.2, 0.25) is 0 Å². The molecule has 0 saturated carbocycles. The fraction of sp³-hybridized carbons (Fsp3) is 0.267. The number of benzene rings is 1. The van der Waals surface area contributed by atoms with E-state index in [0.717, 1.165) is 0 Å². The first-order valence-corrected chi connectivity index (χ1v) is 8.19. The van der Waals surface area contributed by atoms with Crippen molar-refractivity contribution in [3.05, 3.63) is 57.3 Å². The Bertz CT molecular complexity index is 879. The van der Waals surface area contributed by atoms with Crippen LogP contribution in [-0.4, -0.2) is 25.5 Å². The number of thiazole rings is 1. The lowest BCUT2D eigenvalue weighted by atomic mass is 10.00. The van der Waals surface area contributed by atoms with Crippen molar-refractivity contribution in [2.24, 2.45) is 0 Å². The van der Waals surface area contributed by atoms with E-state index in [-0.39, 0.29) is 17.2 Å². The number of nitro groups is 1. The summed E-state index contributed by atoms with van der Waals surface area (Å²) in [5.41, 5.74) is 0.139. The van der Waals surface area contributed by atoms with Gasteiger partial charge in [0.05, 0.1) is 6.04 Å². The van der Waals surface area contributed by atoms with Crippen molar-refractivity contribution in [2.75, 3.05) is 5.32 Å². The van der Waals surface area contributed by atoms with E-state index in [0.29, 0.717) is 11.4 Å². The Morgan fingerprint density at radius 1 is 1.50 bits per heavy atom. The Hall–Kier alpha value is -2.52. The van der Waals surface area contributed by atoms with Crippen LogP contribution in [0.25, 0.3) is 4.96 Å². The van der Waals surface area contributed by atoms with E-state index < -0.39 is 22.9 Å². The van der Waals surface area contributed by atoms with E-state index in [1.54, 1.807) is 24.6 Å². The topological polar surface area (TPSA) is 92.7 Å². The number of aromatic nitrogens is 2. The number of nitrogens with one attached hydrogen (secondary N) is 1.